The van der Waals surface area contributed by atoms with E-state index in [1.165, 1.54) is 0 Å². The number of carbonyl (C=O) groups is 1. The molecule has 2 aromatic carbocycles. The normalized spacial score (nSPS) is 22.6. The lowest BCUT2D eigenvalue weighted by Gasteiger charge is -2.16. The third-order valence-electron chi connectivity index (χ3n) is 3.91. The molecule has 2 aromatic rings. The van der Waals surface area contributed by atoms with Crippen molar-refractivity contribution in [3.05, 3.63) is 42.5 Å². The second kappa shape index (κ2) is 5.02. The molecule has 0 radical (unpaired) electrons. The molecule has 2 unspecified atom stereocenters. The monoisotopic (exact) mass is 254 g/mol. The van der Waals surface area contributed by atoms with Crippen LogP contribution in [-0.4, -0.2) is 18.5 Å². The number of amides is 1. The van der Waals surface area contributed by atoms with Gasteiger partial charge in [-0.25, -0.2) is 0 Å². The van der Waals surface area contributed by atoms with Crippen LogP contribution in [0.5, 0.6) is 0 Å². The Morgan fingerprint density at radius 3 is 2.79 bits per heavy atom. The summed E-state index contributed by atoms with van der Waals surface area (Å²) in [5, 5.41) is 8.64. The number of anilines is 1. The smallest absolute Gasteiger partial charge is 0.229 e. The van der Waals surface area contributed by atoms with Crippen LogP contribution in [0.2, 0.25) is 0 Å². The van der Waals surface area contributed by atoms with E-state index in [1.807, 2.05) is 30.3 Å². The fraction of sp³-hybridized carbons (Fsp3) is 0.312. The van der Waals surface area contributed by atoms with E-state index in [-0.39, 0.29) is 17.9 Å². The van der Waals surface area contributed by atoms with Crippen molar-refractivity contribution in [2.24, 2.45) is 5.92 Å². The lowest BCUT2D eigenvalue weighted by molar-refractivity contribution is -0.119. The molecule has 1 saturated heterocycles. The van der Waals surface area contributed by atoms with Gasteiger partial charge in [0, 0.05) is 17.1 Å². The third-order valence-corrected chi connectivity index (χ3v) is 3.91. The van der Waals surface area contributed by atoms with Gasteiger partial charge in [-0.05, 0) is 31.3 Å². The largest absolute Gasteiger partial charge is 0.325 e. The van der Waals surface area contributed by atoms with Gasteiger partial charge in [0.1, 0.15) is 0 Å². The van der Waals surface area contributed by atoms with Gasteiger partial charge in [-0.3, -0.25) is 4.79 Å². The van der Waals surface area contributed by atoms with Crippen molar-refractivity contribution in [1.82, 2.24) is 5.32 Å². The van der Waals surface area contributed by atoms with Gasteiger partial charge in [-0.2, -0.15) is 0 Å². The highest BCUT2D eigenvalue weighted by Gasteiger charge is 2.29. The van der Waals surface area contributed by atoms with Gasteiger partial charge in [-0.15, -0.1) is 0 Å². The van der Waals surface area contributed by atoms with E-state index in [9.17, 15) is 4.79 Å². The van der Waals surface area contributed by atoms with Gasteiger partial charge in [0.15, 0.2) is 0 Å². The highest BCUT2D eigenvalue weighted by atomic mass is 16.1. The van der Waals surface area contributed by atoms with Crippen molar-refractivity contribution in [2.45, 2.75) is 19.4 Å². The van der Waals surface area contributed by atoms with Gasteiger partial charge < -0.3 is 10.6 Å². The van der Waals surface area contributed by atoms with Crippen LogP contribution in [0.25, 0.3) is 10.8 Å². The summed E-state index contributed by atoms with van der Waals surface area (Å²) in [5.74, 6) is 0.188. The molecule has 1 aliphatic heterocycles. The predicted molar refractivity (Wildman–Crippen MR) is 78.1 cm³/mol. The summed E-state index contributed by atoms with van der Waals surface area (Å²) in [6.45, 7) is 3.00. The molecule has 3 nitrogen and oxygen atoms in total. The second-order valence-corrected chi connectivity index (χ2v) is 5.15. The molecule has 0 aliphatic carbocycles. The minimum absolute atomic E-state index is 0.0685. The Hall–Kier alpha value is -1.87. The van der Waals surface area contributed by atoms with Crippen LogP contribution < -0.4 is 10.6 Å². The number of nitrogens with one attached hydrogen (secondary N) is 2. The van der Waals surface area contributed by atoms with Gasteiger partial charge in [0.2, 0.25) is 5.91 Å². The van der Waals surface area contributed by atoms with Crippen LogP contribution in [0.1, 0.15) is 13.3 Å². The maximum Gasteiger partial charge on any atom is 0.229 e. The Morgan fingerprint density at radius 1 is 1.21 bits per heavy atom. The minimum atomic E-state index is 0.0685. The van der Waals surface area contributed by atoms with E-state index in [4.69, 9.17) is 0 Å². The van der Waals surface area contributed by atoms with E-state index in [2.05, 4.69) is 29.7 Å². The zero-order valence-corrected chi connectivity index (χ0v) is 11.0. The van der Waals surface area contributed by atoms with Crippen molar-refractivity contribution in [3.63, 3.8) is 0 Å². The first kappa shape index (κ1) is 12.2. The van der Waals surface area contributed by atoms with Crippen molar-refractivity contribution in [3.8, 4) is 0 Å². The molecule has 1 amide bonds. The molecule has 98 valence electrons. The number of hydrogen-bond acceptors (Lipinski definition) is 2. The summed E-state index contributed by atoms with van der Waals surface area (Å²) in [5.41, 5.74) is 0.905. The summed E-state index contributed by atoms with van der Waals surface area (Å²) in [4.78, 5) is 12.3. The lowest BCUT2D eigenvalue weighted by Crippen LogP contribution is -2.32. The van der Waals surface area contributed by atoms with Crippen molar-refractivity contribution < 1.29 is 4.79 Å². The average Bonchev–Trinajstić information content (AvgIpc) is 2.85. The molecule has 3 rings (SSSR count). The Labute approximate surface area is 113 Å². The number of hydrogen-bond donors (Lipinski definition) is 2. The van der Waals surface area contributed by atoms with Gasteiger partial charge in [0.25, 0.3) is 0 Å². The fourth-order valence-electron chi connectivity index (χ4n) is 2.78. The van der Waals surface area contributed by atoms with Crippen LogP contribution >= 0.6 is 0 Å². The highest BCUT2D eigenvalue weighted by Crippen LogP contribution is 2.25. The highest BCUT2D eigenvalue weighted by molar-refractivity contribution is 6.03. The molecule has 0 saturated carbocycles. The lowest BCUT2D eigenvalue weighted by atomic mass is 10.0. The molecule has 0 spiro atoms. The molecular weight excluding hydrogens is 236 g/mol. The molecule has 1 heterocycles. The Morgan fingerprint density at radius 2 is 2.00 bits per heavy atom. The van der Waals surface area contributed by atoms with E-state index in [0.29, 0.717) is 0 Å². The minimum Gasteiger partial charge on any atom is -0.325 e. The van der Waals surface area contributed by atoms with Crippen molar-refractivity contribution in [1.29, 1.82) is 0 Å². The maximum absolute atomic E-state index is 12.3. The van der Waals surface area contributed by atoms with Crippen LogP contribution in [0, 0.1) is 5.92 Å². The zero-order chi connectivity index (χ0) is 13.2. The van der Waals surface area contributed by atoms with E-state index in [1.54, 1.807) is 0 Å². The van der Waals surface area contributed by atoms with E-state index < -0.39 is 0 Å². The SMILES string of the molecule is CC1NCCC1C(=O)Nc1cccc2ccccc12. The molecule has 3 heteroatoms. The summed E-state index contributed by atoms with van der Waals surface area (Å²) < 4.78 is 0. The maximum atomic E-state index is 12.3. The van der Waals surface area contributed by atoms with Crippen LogP contribution in [-0.2, 0) is 4.79 Å². The Balaban J connectivity index is 1.87. The first-order valence-electron chi connectivity index (χ1n) is 6.78. The standard InChI is InChI=1S/C16H18N2O/c1-11-13(9-10-17-11)16(19)18-15-8-4-6-12-5-2-3-7-14(12)15/h2-8,11,13,17H,9-10H2,1H3,(H,18,19). The van der Waals surface area contributed by atoms with Crippen LogP contribution in [0.3, 0.4) is 0 Å². The number of carbonyl (C=O) groups excluding carboxylic acids is 1. The molecule has 1 aliphatic rings. The van der Waals surface area contributed by atoms with Crippen LogP contribution in [0.15, 0.2) is 42.5 Å². The van der Waals surface area contributed by atoms with E-state index >= 15 is 0 Å². The number of fused-ring (bicyclic) bond motifs is 1. The number of rotatable bonds is 2. The first-order valence-corrected chi connectivity index (χ1v) is 6.78. The molecule has 2 N–H and O–H groups in total. The average molecular weight is 254 g/mol. The summed E-state index contributed by atoms with van der Waals surface area (Å²) in [6.07, 6.45) is 0.914. The summed E-state index contributed by atoms with van der Waals surface area (Å²) >= 11 is 0. The quantitative estimate of drug-likeness (QED) is 0.865. The Bertz CT molecular complexity index is 603. The van der Waals surface area contributed by atoms with Gasteiger partial charge in [0.05, 0.1) is 5.92 Å². The molecule has 19 heavy (non-hydrogen) atoms. The van der Waals surface area contributed by atoms with E-state index in [0.717, 1.165) is 29.4 Å². The second-order valence-electron chi connectivity index (χ2n) is 5.15. The zero-order valence-electron chi connectivity index (χ0n) is 11.0. The third kappa shape index (κ3) is 2.34. The van der Waals surface area contributed by atoms with Crippen molar-refractivity contribution >= 4 is 22.4 Å². The fourth-order valence-corrected chi connectivity index (χ4v) is 2.78. The van der Waals surface area contributed by atoms with Gasteiger partial charge >= 0.3 is 0 Å². The van der Waals surface area contributed by atoms with Crippen LogP contribution in [0.4, 0.5) is 5.69 Å². The molecular formula is C16H18N2O. The summed E-state index contributed by atoms with van der Waals surface area (Å²) in [6, 6.07) is 14.4. The molecule has 1 fully saturated rings. The van der Waals surface area contributed by atoms with Gasteiger partial charge in [-0.1, -0.05) is 36.4 Å². The number of benzene rings is 2. The molecule has 0 aromatic heterocycles. The predicted octanol–water partition coefficient (Wildman–Crippen LogP) is 2.78. The molecule has 0 bridgehead atoms. The topological polar surface area (TPSA) is 41.1 Å². The molecule has 2 atom stereocenters. The van der Waals surface area contributed by atoms with Crippen molar-refractivity contribution in [2.75, 3.05) is 11.9 Å². The first-order chi connectivity index (χ1) is 9.25. The summed E-state index contributed by atoms with van der Waals surface area (Å²) in [7, 11) is 0. The Kier molecular flexibility index (Phi) is 3.22.